The number of hydrogen-bond acceptors (Lipinski definition) is 6. The topological polar surface area (TPSA) is 47.9 Å². The van der Waals surface area contributed by atoms with Crippen molar-refractivity contribution in [3.8, 4) is 0 Å². The van der Waals surface area contributed by atoms with Crippen molar-refractivity contribution in [2.24, 2.45) is 0 Å². The van der Waals surface area contributed by atoms with Gasteiger partial charge in [0.2, 0.25) is 0 Å². The molecule has 2 aromatic rings. The van der Waals surface area contributed by atoms with Crippen LogP contribution < -0.4 is 0 Å². The van der Waals surface area contributed by atoms with E-state index in [0.717, 1.165) is 23.5 Å². The highest BCUT2D eigenvalue weighted by atomic mass is 32.1. The number of ether oxygens (including phenoxy) is 1. The zero-order valence-corrected chi connectivity index (χ0v) is 13.9. The summed E-state index contributed by atoms with van der Waals surface area (Å²) >= 11 is 3.22. The Morgan fingerprint density at radius 3 is 3.09 bits per heavy atom. The first-order valence-electron chi connectivity index (χ1n) is 7.20. The lowest BCUT2D eigenvalue weighted by molar-refractivity contribution is 0.105. The van der Waals surface area contributed by atoms with Gasteiger partial charge in [-0.3, -0.25) is 0 Å². The number of nitrogens with zero attached hydrogens (tertiary/aromatic N) is 3. The maximum atomic E-state index is 6.04. The zero-order chi connectivity index (χ0) is 15.2. The molecule has 0 amide bonds. The molecule has 1 unspecified atom stereocenters. The van der Waals surface area contributed by atoms with Gasteiger partial charge in [0, 0.05) is 11.3 Å². The van der Waals surface area contributed by atoms with Crippen LogP contribution in [0, 0.1) is 0 Å². The summed E-state index contributed by atoms with van der Waals surface area (Å²) in [6.07, 6.45) is 12.3. The third kappa shape index (κ3) is 3.76. The minimum Gasteiger partial charge on any atom is -0.362 e. The van der Waals surface area contributed by atoms with Crippen LogP contribution in [0.15, 0.2) is 40.9 Å². The molecule has 0 fully saturated rings. The van der Waals surface area contributed by atoms with Gasteiger partial charge in [-0.05, 0) is 18.1 Å². The predicted molar refractivity (Wildman–Crippen MR) is 91.0 cm³/mol. The highest BCUT2D eigenvalue weighted by Gasteiger charge is 2.13. The van der Waals surface area contributed by atoms with Crippen molar-refractivity contribution in [2.45, 2.75) is 25.9 Å². The molecule has 1 aliphatic rings. The first kappa shape index (κ1) is 15.3. The SMILES string of the molecule is CC/C=C/C(OCC1=CCc2scnc2C=C1)c1nncs1. The Hall–Kier alpha value is -1.63. The van der Waals surface area contributed by atoms with Crippen molar-refractivity contribution < 1.29 is 4.74 Å². The minimum atomic E-state index is -0.128. The summed E-state index contributed by atoms with van der Waals surface area (Å²) in [5.74, 6) is 0. The second-order valence-corrected chi connectivity index (χ2v) is 6.63. The largest absolute Gasteiger partial charge is 0.362 e. The number of hydrogen-bond donors (Lipinski definition) is 0. The number of fused-ring (bicyclic) bond motifs is 1. The van der Waals surface area contributed by atoms with E-state index < -0.39 is 0 Å². The van der Waals surface area contributed by atoms with Crippen molar-refractivity contribution in [3.63, 3.8) is 0 Å². The molecular formula is C16H17N3OS2. The number of thiazole rings is 1. The molecule has 0 saturated heterocycles. The van der Waals surface area contributed by atoms with Crippen LogP contribution in [0.4, 0.5) is 0 Å². The van der Waals surface area contributed by atoms with Crippen molar-refractivity contribution in [2.75, 3.05) is 6.61 Å². The quantitative estimate of drug-likeness (QED) is 0.744. The highest BCUT2D eigenvalue weighted by molar-refractivity contribution is 7.10. The molecule has 0 bridgehead atoms. The Morgan fingerprint density at radius 1 is 1.32 bits per heavy atom. The molecule has 0 radical (unpaired) electrons. The van der Waals surface area contributed by atoms with Gasteiger partial charge in [-0.2, -0.15) is 0 Å². The molecule has 3 rings (SSSR count). The van der Waals surface area contributed by atoms with E-state index in [1.54, 1.807) is 16.8 Å². The smallest absolute Gasteiger partial charge is 0.150 e. The average Bonchev–Trinajstić information content (AvgIpc) is 3.18. The van der Waals surface area contributed by atoms with Gasteiger partial charge in [0.15, 0.2) is 0 Å². The first-order chi connectivity index (χ1) is 10.9. The lowest BCUT2D eigenvalue weighted by Crippen LogP contribution is -2.04. The number of aromatic nitrogens is 3. The fraction of sp³-hybridized carbons (Fsp3) is 0.312. The van der Waals surface area contributed by atoms with Crippen molar-refractivity contribution in [1.82, 2.24) is 15.2 Å². The summed E-state index contributed by atoms with van der Waals surface area (Å²) in [5, 5.41) is 8.91. The summed E-state index contributed by atoms with van der Waals surface area (Å²) in [4.78, 5) is 5.66. The van der Waals surface area contributed by atoms with E-state index in [1.807, 2.05) is 5.51 Å². The monoisotopic (exact) mass is 331 g/mol. The zero-order valence-electron chi connectivity index (χ0n) is 12.3. The average molecular weight is 331 g/mol. The van der Waals surface area contributed by atoms with Crippen LogP contribution >= 0.6 is 22.7 Å². The maximum absolute atomic E-state index is 6.04. The van der Waals surface area contributed by atoms with E-state index in [-0.39, 0.29) is 6.10 Å². The van der Waals surface area contributed by atoms with Crippen molar-refractivity contribution in [3.05, 3.63) is 56.5 Å². The normalized spacial score (nSPS) is 15.6. The number of allylic oxidation sites excluding steroid dienone is 2. The Labute approximate surface area is 137 Å². The molecule has 0 saturated carbocycles. The van der Waals surface area contributed by atoms with Gasteiger partial charge in [-0.25, -0.2) is 4.98 Å². The molecular weight excluding hydrogens is 314 g/mol. The molecule has 0 aliphatic heterocycles. The van der Waals surface area contributed by atoms with Gasteiger partial charge < -0.3 is 4.74 Å². The molecule has 1 atom stereocenters. The molecule has 22 heavy (non-hydrogen) atoms. The summed E-state index contributed by atoms with van der Waals surface area (Å²) in [6, 6.07) is 0. The molecule has 2 heterocycles. The van der Waals surface area contributed by atoms with Crippen LogP contribution in [-0.4, -0.2) is 21.8 Å². The highest BCUT2D eigenvalue weighted by Crippen LogP contribution is 2.24. The second-order valence-electron chi connectivity index (χ2n) is 4.82. The molecule has 6 heteroatoms. The first-order valence-corrected chi connectivity index (χ1v) is 8.96. The fourth-order valence-corrected chi connectivity index (χ4v) is 3.40. The third-order valence-electron chi connectivity index (χ3n) is 3.27. The van der Waals surface area contributed by atoms with Crippen LogP contribution in [0.2, 0.25) is 0 Å². The lowest BCUT2D eigenvalue weighted by Gasteiger charge is -2.11. The summed E-state index contributed by atoms with van der Waals surface area (Å²) in [5.41, 5.74) is 5.87. The van der Waals surface area contributed by atoms with Crippen LogP contribution in [-0.2, 0) is 11.2 Å². The standard InChI is InChI=1S/C16H17N3OS2/c1-2-3-4-14(16-19-18-11-22-16)20-9-12-5-7-13-15(8-6-12)21-10-17-13/h3-7,10-11,14H,2,8-9H2,1H3/b4-3+. The van der Waals surface area contributed by atoms with E-state index in [4.69, 9.17) is 4.74 Å². The van der Waals surface area contributed by atoms with Crippen molar-refractivity contribution >= 4 is 28.7 Å². The Kier molecular flexibility index (Phi) is 5.26. The predicted octanol–water partition coefficient (Wildman–Crippen LogP) is 4.21. The van der Waals surface area contributed by atoms with Crippen LogP contribution in [0.3, 0.4) is 0 Å². The summed E-state index contributed by atoms with van der Waals surface area (Å²) in [6.45, 7) is 2.67. The lowest BCUT2D eigenvalue weighted by atomic mass is 10.2. The maximum Gasteiger partial charge on any atom is 0.150 e. The molecule has 0 spiro atoms. The van der Waals surface area contributed by atoms with Crippen LogP contribution in [0.5, 0.6) is 0 Å². The van der Waals surface area contributed by atoms with Crippen molar-refractivity contribution in [1.29, 1.82) is 0 Å². The van der Waals surface area contributed by atoms with E-state index in [2.05, 4.69) is 52.5 Å². The summed E-state index contributed by atoms with van der Waals surface area (Å²) < 4.78 is 6.04. The van der Waals surface area contributed by atoms with Gasteiger partial charge in [-0.1, -0.05) is 31.2 Å². The minimum absolute atomic E-state index is 0.128. The molecule has 114 valence electrons. The second kappa shape index (κ2) is 7.58. The molecule has 4 nitrogen and oxygen atoms in total. The van der Waals surface area contributed by atoms with Gasteiger partial charge >= 0.3 is 0 Å². The van der Waals surface area contributed by atoms with E-state index >= 15 is 0 Å². The van der Waals surface area contributed by atoms with Gasteiger partial charge in [-0.15, -0.1) is 32.9 Å². The Balaban J connectivity index is 1.65. The number of rotatable bonds is 6. The van der Waals surface area contributed by atoms with Crippen LogP contribution in [0.1, 0.15) is 35.0 Å². The third-order valence-corrected chi connectivity index (χ3v) is 4.90. The van der Waals surface area contributed by atoms with E-state index in [9.17, 15) is 0 Å². The van der Waals surface area contributed by atoms with E-state index in [0.29, 0.717) is 6.61 Å². The van der Waals surface area contributed by atoms with E-state index in [1.165, 1.54) is 21.8 Å². The molecule has 2 aromatic heterocycles. The van der Waals surface area contributed by atoms with Gasteiger partial charge in [0.05, 0.1) is 17.8 Å². The molecule has 0 aromatic carbocycles. The van der Waals surface area contributed by atoms with Gasteiger partial charge in [0.25, 0.3) is 0 Å². The molecule has 1 aliphatic carbocycles. The fourth-order valence-electron chi connectivity index (χ4n) is 2.11. The molecule has 0 N–H and O–H groups in total. The Morgan fingerprint density at radius 2 is 2.27 bits per heavy atom. The summed E-state index contributed by atoms with van der Waals surface area (Å²) in [7, 11) is 0. The van der Waals surface area contributed by atoms with Gasteiger partial charge in [0.1, 0.15) is 16.6 Å². The Bertz CT molecular complexity index is 686. The van der Waals surface area contributed by atoms with Crippen LogP contribution in [0.25, 0.3) is 6.08 Å².